The van der Waals surface area contributed by atoms with E-state index in [1.807, 2.05) is 13.1 Å². The zero-order valence-electron chi connectivity index (χ0n) is 13.9. The summed E-state index contributed by atoms with van der Waals surface area (Å²) in [6.07, 6.45) is 2.42. The molecule has 0 fully saturated rings. The van der Waals surface area contributed by atoms with Gasteiger partial charge in [0.1, 0.15) is 11.6 Å². The van der Waals surface area contributed by atoms with E-state index in [-0.39, 0.29) is 12.4 Å². The Balaban J connectivity index is 1.79. The third-order valence-electron chi connectivity index (χ3n) is 3.49. The molecule has 0 unspecified atom stereocenters. The normalized spacial score (nSPS) is 11.2. The minimum atomic E-state index is -0.373. The first-order valence-corrected chi connectivity index (χ1v) is 7.75. The fourth-order valence-electron chi connectivity index (χ4n) is 2.40. The van der Waals surface area contributed by atoms with Gasteiger partial charge in [0.25, 0.3) is 5.89 Å². The summed E-state index contributed by atoms with van der Waals surface area (Å²) in [4.78, 5) is 4.28. The Bertz CT molecular complexity index is 826. The van der Waals surface area contributed by atoms with E-state index < -0.39 is 0 Å². The Labute approximate surface area is 139 Å². The smallest absolute Gasteiger partial charge is 0.264 e. The highest BCUT2D eigenvalue weighted by molar-refractivity contribution is 5.67. The van der Waals surface area contributed by atoms with Crippen molar-refractivity contribution >= 4 is 0 Å². The van der Waals surface area contributed by atoms with Gasteiger partial charge in [-0.15, -0.1) is 0 Å². The molecule has 0 radical (unpaired) electrons. The van der Waals surface area contributed by atoms with Crippen molar-refractivity contribution in [2.75, 3.05) is 0 Å². The lowest BCUT2D eigenvalue weighted by molar-refractivity contribution is 0.242. The van der Waals surface area contributed by atoms with E-state index in [4.69, 9.17) is 9.26 Å². The number of hydrogen-bond donors (Lipinski definition) is 0. The van der Waals surface area contributed by atoms with Crippen LogP contribution < -0.4 is 4.74 Å². The summed E-state index contributed by atoms with van der Waals surface area (Å²) in [5.41, 5.74) is 1.58. The van der Waals surface area contributed by atoms with Gasteiger partial charge in [-0.3, -0.25) is 4.68 Å². The first-order valence-electron chi connectivity index (χ1n) is 7.75. The number of aromatic nitrogens is 4. The van der Waals surface area contributed by atoms with Gasteiger partial charge in [0.05, 0.1) is 5.69 Å². The lowest BCUT2D eigenvalue weighted by atomic mass is 10.1. The summed E-state index contributed by atoms with van der Waals surface area (Å²) in [7, 11) is 1.82. The Kier molecular flexibility index (Phi) is 4.59. The maximum atomic E-state index is 13.6. The van der Waals surface area contributed by atoms with Crippen LogP contribution in [0.25, 0.3) is 11.3 Å². The molecule has 6 nitrogen and oxygen atoms in total. The number of halogens is 1. The molecule has 0 N–H and O–H groups in total. The highest BCUT2D eigenvalue weighted by Crippen LogP contribution is 2.30. The lowest BCUT2D eigenvalue weighted by Crippen LogP contribution is -2.01. The predicted octanol–water partition coefficient (Wildman–Crippen LogP) is 3.39. The van der Waals surface area contributed by atoms with Crippen molar-refractivity contribution < 1.29 is 13.7 Å². The average Bonchev–Trinajstić information content (AvgIpc) is 3.14. The number of benzene rings is 1. The molecule has 3 rings (SSSR count). The van der Waals surface area contributed by atoms with Gasteiger partial charge in [0, 0.05) is 31.3 Å². The molecule has 0 saturated heterocycles. The third kappa shape index (κ3) is 3.61. The highest BCUT2D eigenvalue weighted by atomic mass is 19.1. The summed E-state index contributed by atoms with van der Waals surface area (Å²) in [6.45, 7) is 4.25. The summed E-state index contributed by atoms with van der Waals surface area (Å²) in [5.74, 6) is 1.49. The van der Waals surface area contributed by atoms with Crippen LogP contribution >= 0.6 is 0 Å². The molecule has 0 bridgehead atoms. The van der Waals surface area contributed by atoms with Crippen LogP contribution in [0, 0.1) is 11.7 Å². The minimum Gasteiger partial charge on any atom is -0.483 e. The van der Waals surface area contributed by atoms with Gasteiger partial charge in [-0.2, -0.15) is 10.1 Å². The van der Waals surface area contributed by atoms with Gasteiger partial charge in [0.15, 0.2) is 12.4 Å². The molecule has 0 aliphatic rings. The molecule has 0 amide bonds. The summed E-state index contributed by atoms with van der Waals surface area (Å²) >= 11 is 0. The number of aryl methyl sites for hydroxylation is 1. The average molecular weight is 330 g/mol. The van der Waals surface area contributed by atoms with Crippen molar-refractivity contribution in [3.05, 3.63) is 48.0 Å². The van der Waals surface area contributed by atoms with Gasteiger partial charge in [-0.1, -0.05) is 19.0 Å². The van der Waals surface area contributed by atoms with Crippen molar-refractivity contribution in [3.63, 3.8) is 0 Å². The van der Waals surface area contributed by atoms with E-state index in [1.54, 1.807) is 16.9 Å². The maximum Gasteiger partial charge on any atom is 0.264 e. The van der Waals surface area contributed by atoms with Crippen LogP contribution in [0.15, 0.2) is 35.0 Å². The molecule has 0 aliphatic heterocycles. The standard InChI is InChI=1S/C17H19FN4O2/c1-11(2)8-16-20-17(24-21-16)10-23-15-9-12(18)4-5-13(15)14-6-7-19-22(14)3/h4-7,9,11H,8,10H2,1-3H3. The SMILES string of the molecule is CC(C)Cc1noc(COc2cc(F)ccc2-c2ccnn2C)n1. The zero-order valence-corrected chi connectivity index (χ0v) is 13.9. The number of hydrogen-bond acceptors (Lipinski definition) is 5. The molecule has 3 aromatic rings. The third-order valence-corrected chi connectivity index (χ3v) is 3.49. The van der Waals surface area contributed by atoms with E-state index in [2.05, 4.69) is 29.1 Å². The second-order valence-corrected chi connectivity index (χ2v) is 5.97. The fourth-order valence-corrected chi connectivity index (χ4v) is 2.40. The molecular weight excluding hydrogens is 311 g/mol. The van der Waals surface area contributed by atoms with Crippen LogP contribution in [0.2, 0.25) is 0 Å². The predicted molar refractivity (Wildman–Crippen MR) is 85.8 cm³/mol. The van der Waals surface area contributed by atoms with Crippen LogP contribution in [-0.2, 0) is 20.1 Å². The van der Waals surface area contributed by atoms with Gasteiger partial charge < -0.3 is 9.26 Å². The molecule has 24 heavy (non-hydrogen) atoms. The topological polar surface area (TPSA) is 66.0 Å². The van der Waals surface area contributed by atoms with Crippen molar-refractivity contribution in [1.82, 2.24) is 19.9 Å². The quantitative estimate of drug-likeness (QED) is 0.693. The van der Waals surface area contributed by atoms with E-state index >= 15 is 0 Å². The van der Waals surface area contributed by atoms with Gasteiger partial charge in [-0.05, 0) is 24.1 Å². The van der Waals surface area contributed by atoms with Crippen LogP contribution in [0.5, 0.6) is 5.75 Å². The lowest BCUT2D eigenvalue weighted by Gasteiger charge is -2.10. The second kappa shape index (κ2) is 6.82. The monoisotopic (exact) mass is 330 g/mol. The highest BCUT2D eigenvalue weighted by Gasteiger charge is 2.14. The van der Waals surface area contributed by atoms with Crippen LogP contribution in [0.3, 0.4) is 0 Å². The largest absolute Gasteiger partial charge is 0.483 e. The van der Waals surface area contributed by atoms with Crippen molar-refractivity contribution in [3.8, 4) is 17.0 Å². The van der Waals surface area contributed by atoms with Crippen molar-refractivity contribution in [1.29, 1.82) is 0 Å². The molecule has 2 aromatic heterocycles. The first kappa shape index (κ1) is 16.2. The van der Waals surface area contributed by atoms with Gasteiger partial charge >= 0.3 is 0 Å². The fraction of sp³-hybridized carbons (Fsp3) is 0.353. The number of nitrogens with zero attached hydrogens (tertiary/aromatic N) is 4. The van der Waals surface area contributed by atoms with Gasteiger partial charge in [0.2, 0.25) is 0 Å². The van der Waals surface area contributed by atoms with Crippen molar-refractivity contribution in [2.24, 2.45) is 13.0 Å². The van der Waals surface area contributed by atoms with Crippen LogP contribution in [0.4, 0.5) is 4.39 Å². The molecule has 7 heteroatoms. The maximum absolute atomic E-state index is 13.6. The Morgan fingerprint density at radius 2 is 2.12 bits per heavy atom. The zero-order chi connectivity index (χ0) is 17.1. The van der Waals surface area contributed by atoms with Gasteiger partial charge in [-0.25, -0.2) is 4.39 Å². The van der Waals surface area contributed by atoms with Crippen LogP contribution in [0.1, 0.15) is 25.6 Å². The molecule has 1 aromatic carbocycles. The Morgan fingerprint density at radius 3 is 2.83 bits per heavy atom. The minimum absolute atomic E-state index is 0.0827. The summed E-state index contributed by atoms with van der Waals surface area (Å²) in [6, 6.07) is 6.24. The van der Waals surface area contributed by atoms with E-state index in [1.165, 1.54) is 12.1 Å². The molecule has 2 heterocycles. The molecule has 0 saturated carbocycles. The Morgan fingerprint density at radius 1 is 1.29 bits per heavy atom. The van der Waals surface area contributed by atoms with E-state index in [9.17, 15) is 4.39 Å². The molecular formula is C17H19FN4O2. The summed E-state index contributed by atoms with van der Waals surface area (Å²) in [5, 5.41) is 8.05. The first-order chi connectivity index (χ1) is 11.5. The molecule has 126 valence electrons. The van der Waals surface area contributed by atoms with Crippen molar-refractivity contribution in [2.45, 2.75) is 26.9 Å². The number of rotatable bonds is 6. The van der Waals surface area contributed by atoms with Crippen LogP contribution in [-0.4, -0.2) is 19.9 Å². The molecule has 0 aliphatic carbocycles. The Hall–Kier alpha value is -2.70. The molecule has 0 atom stereocenters. The number of ether oxygens (including phenoxy) is 1. The second-order valence-electron chi connectivity index (χ2n) is 5.97. The summed E-state index contributed by atoms with van der Waals surface area (Å²) < 4.78 is 26.2. The molecule has 0 spiro atoms. The van der Waals surface area contributed by atoms with E-state index in [0.29, 0.717) is 23.4 Å². The van der Waals surface area contributed by atoms with E-state index in [0.717, 1.165) is 17.7 Å².